The highest BCUT2D eigenvalue weighted by Crippen LogP contribution is 2.25. The van der Waals surface area contributed by atoms with Crippen LogP contribution < -0.4 is 5.32 Å². The predicted molar refractivity (Wildman–Crippen MR) is 94.2 cm³/mol. The van der Waals surface area contributed by atoms with Crippen molar-refractivity contribution in [3.8, 4) is 0 Å². The molecule has 1 heterocycles. The van der Waals surface area contributed by atoms with E-state index in [0.717, 1.165) is 10.9 Å². The van der Waals surface area contributed by atoms with Gasteiger partial charge in [-0.25, -0.2) is 9.18 Å². The molecule has 1 unspecified atom stereocenters. The third kappa shape index (κ3) is 3.74. The molecular weight excluding hydrogens is 337 g/mol. The molecule has 0 aliphatic rings. The molecule has 1 N–H and O–H groups in total. The van der Waals surface area contributed by atoms with Crippen molar-refractivity contribution in [1.82, 2.24) is 5.32 Å². The molecule has 0 saturated carbocycles. The molecule has 0 bridgehead atoms. The molecule has 0 saturated heterocycles. The van der Waals surface area contributed by atoms with Crippen LogP contribution in [0.15, 0.2) is 52.9 Å². The molecule has 0 aliphatic carbocycles. The third-order valence-electron chi connectivity index (χ3n) is 4.11. The van der Waals surface area contributed by atoms with E-state index in [1.54, 1.807) is 32.0 Å². The molecule has 3 rings (SSSR count). The minimum atomic E-state index is -0.691. The zero-order valence-electron chi connectivity index (χ0n) is 14.4. The minimum absolute atomic E-state index is 0.0885. The number of benzene rings is 2. The van der Waals surface area contributed by atoms with Crippen LogP contribution in [0.1, 0.15) is 34.6 Å². The largest absolute Gasteiger partial charge is 0.450 e. The second-order valence-electron chi connectivity index (χ2n) is 5.97. The zero-order valence-corrected chi connectivity index (χ0v) is 14.4. The number of nitrogens with one attached hydrogen (secondary N) is 1. The van der Waals surface area contributed by atoms with E-state index in [2.05, 4.69) is 5.32 Å². The normalized spacial score (nSPS) is 12.0. The van der Waals surface area contributed by atoms with Gasteiger partial charge in [-0.15, -0.1) is 0 Å². The van der Waals surface area contributed by atoms with Crippen LogP contribution in [0.3, 0.4) is 0 Å². The Hall–Kier alpha value is -3.15. The summed E-state index contributed by atoms with van der Waals surface area (Å²) in [7, 11) is 0. The van der Waals surface area contributed by atoms with Crippen molar-refractivity contribution in [1.29, 1.82) is 0 Å². The molecule has 0 aliphatic heterocycles. The Morgan fingerprint density at radius 1 is 1.15 bits per heavy atom. The van der Waals surface area contributed by atoms with Crippen LogP contribution in [-0.2, 0) is 9.53 Å². The number of amides is 1. The zero-order chi connectivity index (χ0) is 18.7. The number of aryl methyl sites for hydroxylation is 1. The van der Waals surface area contributed by atoms with Gasteiger partial charge in [-0.2, -0.15) is 0 Å². The number of furan rings is 1. The number of carbonyl (C=O) groups is 2. The fourth-order valence-electron chi connectivity index (χ4n) is 2.68. The van der Waals surface area contributed by atoms with Gasteiger partial charge in [-0.3, -0.25) is 4.79 Å². The van der Waals surface area contributed by atoms with Crippen molar-refractivity contribution in [2.45, 2.75) is 19.9 Å². The molecule has 0 spiro atoms. The first kappa shape index (κ1) is 17.7. The number of hydrogen-bond acceptors (Lipinski definition) is 4. The summed E-state index contributed by atoms with van der Waals surface area (Å²) in [5, 5.41) is 3.52. The summed E-state index contributed by atoms with van der Waals surface area (Å²) in [6.45, 7) is 3.09. The Bertz CT molecular complexity index is 946. The van der Waals surface area contributed by atoms with Crippen molar-refractivity contribution in [3.05, 3.63) is 71.2 Å². The van der Waals surface area contributed by atoms with Crippen LogP contribution in [0, 0.1) is 12.7 Å². The van der Waals surface area contributed by atoms with Crippen molar-refractivity contribution in [3.63, 3.8) is 0 Å². The molecule has 1 aromatic heterocycles. The lowest BCUT2D eigenvalue weighted by Gasteiger charge is -2.14. The van der Waals surface area contributed by atoms with Crippen LogP contribution in [0.2, 0.25) is 0 Å². The fourth-order valence-corrected chi connectivity index (χ4v) is 2.68. The fraction of sp³-hybridized carbons (Fsp3) is 0.200. The van der Waals surface area contributed by atoms with Crippen LogP contribution in [0.5, 0.6) is 0 Å². The highest BCUT2D eigenvalue weighted by atomic mass is 19.1. The smallest absolute Gasteiger partial charge is 0.375 e. The van der Waals surface area contributed by atoms with Gasteiger partial charge in [0, 0.05) is 10.9 Å². The van der Waals surface area contributed by atoms with Gasteiger partial charge in [0.05, 0.1) is 6.04 Å². The second kappa shape index (κ2) is 7.39. The van der Waals surface area contributed by atoms with E-state index in [0.29, 0.717) is 11.1 Å². The standard InChI is InChI=1S/C20H18FNO4/c1-12-16-5-3-4-6-17(16)26-19(12)20(24)25-11-18(23)22-13(2)14-7-9-15(21)10-8-14/h3-10,13H,11H2,1-2H3,(H,22,23). The molecule has 134 valence electrons. The number of carbonyl (C=O) groups excluding carboxylic acids is 2. The van der Waals surface area contributed by atoms with Crippen molar-refractivity contribution in [2.75, 3.05) is 6.61 Å². The summed E-state index contributed by atoms with van der Waals surface area (Å²) >= 11 is 0. The van der Waals surface area contributed by atoms with Crippen molar-refractivity contribution in [2.24, 2.45) is 0 Å². The highest BCUT2D eigenvalue weighted by molar-refractivity contribution is 5.96. The summed E-state index contributed by atoms with van der Waals surface area (Å²) < 4.78 is 23.5. The second-order valence-corrected chi connectivity index (χ2v) is 5.97. The van der Waals surface area contributed by atoms with E-state index in [4.69, 9.17) is 9.15 Å². The molecule has 1 atom stereocenters. The van der Waals surface area contributed by atoms with E-state index in [9.17, 15) is 14.0 Å². The van der Waals surface area contributed by atoms with Crippen molar-refractivity contribution >= 4 is 22.8 Å². The lowest BCUT2D eigenvalue weighted by molar-refractivity contribution is -0.124. The number of esters is 1. The maximum atomic E-state index is 12.9. The SMILES string of the molecule is Cc1c(C(=O)OCC(=O)NC(C)c2ccc(F)cc2)oc2ccccc12. The molecule has 5 nitrogen and oxygen atoms in total. The maximum absolute atomic E-state index is 12.9. The van der Waals surface area contributed by atoms with Gasteiger partial charge < -0.3 is 14.5 Å². The quantitative estimate of drug-likeness (QED) is 0.705. The summed E-state index contributed by atoms with van der Waals surface area (Å²) in [6, 6.07) is 12.8. The average molecular weight is 355 g/mol. The van der Waals surface area contributed by atoms with Crippen LogP contribution >= 0.6 is 0 Å². The Kier molecular flexibility index (Phi) is 5.02. The first-order valence-corrected chi connectivity index (χ1v) is 8.16. The van der Waals surface area contributed by atoms with Gasteiger partial charge in [-0.05, 0) is 37.6 Å². The average Bonchev–Trinajstić information content (AvgIpc) is 2.97. The number of ether oxygens (including phenoxy) is 1. The van der Waals surface area contributed by atoms with Gasteiger partial charge >= 0.3 is 5.97 Å². The number of para-hydroxylation sites is 1. The summed E-state index contributed by atoms with van der Waals surface area (Å²) in [4.78, 5) is 24.2. The van der Waals surface area contributed by atoms with Crippen LogP contribution in [0.4, 0.5) is 4.39 Å². The third-order valence-corrected chi connectivity index (χ3v) is 4.11. The van der Waals surface area contributed by atoms with E-state index >= 15 is 0 Å². The molecule has 1 amide bonds. The van der Waals surface area contributed by atoms with Crippen LogP contribution in [-0.4, -0.2) is 18.5 Å². The van der Waals surface area contributed by atoms with Crippen LogP contribution in [0.25, 0.3) is 11.0 Å². The molecule has 6 heteroatoms. The van der Waals surface area contributed by atoms with Crippen molar-refractivity contribution < 1.29 is 23.1 Å². The molecule has 0 radical (unpaired) electrons. The lowest BCUT2D eigenvalue weighted by Crippen LogP contribution is -2.31. The van der Waals surface area contributed by atoms with E-state index in [1.165, 1.54) is 12.1 Å². The Labute approximate surface area is 149 Å². The molecular formula is C20H18FNO4. The number of fused-ring (bicyclic) bond motifs is 1. The van der Waals surface area contributed by atoms with E-state index in [-0.39, 0.29) is 17.6 Å². The molecule has 3 aromatic rings. The monoisotopic (exact) mass is 355 g/mol. The van der Waals surface area contributed by atoms with E-state index in [1.807, 2.05) is 18.2 Å². The Balaban J connectivity index is 1.59. The number of hydrogen-bond donors (Lipinski definition) is 1. The topological polar surface area (TPSA) is 68.5 Å². The summed E-state index contributed by atoms with van der Waals surface area (Å²) in [5.74, 6) is -1.40. The van der Waals surface area contributed by atoms with Gasteiger partial charge in [-0.1, -0.05) is 30.3 Å². The Morgan fingerprint density at radius 2 is 1.85 bits per heavy atom. The first-order valence-electron chi connectivity index (χ1n) is 8.16. The lowest BCUT2D eigenvalue weighted by atomic mass is 10.1. The predicted octanol–water partition coefficient (Wildman–Crippen LogP) is 3.91. The van der Waals surface area contributed by atoms with E-state index < -0.39 is 18.5 Å². The molecule has 26 heavy (non-hydrogen) atoms. The van der Waals surface area contributed by atoms with Gasteiger partial charge in [0.15, 0.2) is 6.61 Å². The molecule has 2 aromatic carbocycles. The maximum Gasteiger partial charge on any atom is 0.375 e. The Morgan fingerprint density at radius 3 is 2.54 bits per heavy atom. The molecule has 0 fully saturated rings. The highest BCUT2D eigenvalue weighted by Gasteiger charge is 2.20. The summed E-state index contributed by atoms with van der Waals surface area (Å²) in [5.41, 5.74) is 2.01. The number of rotatable bonds is 5. The van der Waals surface area contributed by atoms with Gasteiger partial charge in [0.25, 0.3) is 5.91 Å². The summed E-state index contributed by atoms with van der Waals surface area (Å²) in [6.07, 6.45) is 0. The first-order chi connectivity index (χ1) is 12.5. The number of halogens is 1. The van der Waals surface area contributed by atoms with Gasteiger partial charge in [0.1, 0.15) is 11.4 Å². The minimum Gasteiger partial charge on any atom is -0.450 e. The van der Waals surface area contributed by atoms with Gasteiger partial charge in [0.2, 0.25) is 5.76 Å².